The molecule has 0 saturated heterocycles. The predicted molar refractivity (Wildman–Crippen MR) is 87.3 cm³/mol. The van der Waals surface area contributed by atoms with E-state index in [0.29, 0.717) is 17.8 Å². The zero-order chi connectivity index (χ0) is 16.7. The Bertz CT molecular complexity index is 606. The van der Waals surface area contributed by atoms with Gasteiger partial charge in [0.2, 0.25) is 11.8 Å². The average molecular weight is 314 g/mol. The topological polar surface area (TPSA) is 98.7 Å². The number of hydrogen-bond acceptors (Lipinski definition) is 4. The van der Waals surface area contributed by atoms with Crippen molar-refractivity contribution < 1.29 is 19.8 Å². The molecule has 0 bridgehead atoms. The first-order valence-electron chi connectivity index (χ1n) is 7.21. The number of phenolic OH excluding ortho intramolecular Hbond substituents is 2. The van der Waals surface area contributed by atoms with Crippen molar-refractivity contribution in [1.29, 1.82) is 0 Å². The third-order valence-corrected chi connectivity index (χ3v) is 3.11. The second-order valence-corrected chi connectivity index (χ2v) is 5.04. The molecule has 0 heterocycles. The maximum absolute atomic E-state index is 11.7. The monoisotopic (exact) mass is 314 g/mol. The van der Waals surface area contributed by atoms with Crippen molar-refractivity contribution in [2.75, 3.05) is 10.6 Å². The van der Waals surface area contributed by atoms with Gasteiger partial charge >= 0.3 is 0 Å². The molecule has 0 aromatic heterocycles. The van der Waals surface area contributed by atoms with Gasteiger partial charge in [-0.05, 0) is 55.0 Å². The maximum Gasteiger partial charge on any atom is 0.224 e. The van der Waals surface area contributed by atoms with Crippen molar-refractivity contribution in [3.8, 4) is 11.5 Å². The number of carbonyl (C=O) groups is 2. The number of anilines is 2. The van der Waals surface area contributed by atoms with Crippen LogP contribution in [0.15, 0.2) is 48.5 Å². The Hall–Kier alpha value is -3.02. The van der Waals surface area contributed by atoms with Crippen LogP contribution in [0.25, 0.3) is 0 Å². The predicted octanol–water partition coefficient (Wildman–Crippen LogP) is 2.85. The molecule has 6 heteroatoms. The second kappa shape index (κ2) is 7.84. The van der Waals surface area contributed by atoms with Crippen molar-refractivity contribution in [2.24, 2.45) is 0 Å². The van der Waals surface area contributed by atoms with Crippen molar-refractivity contribution in [2.45, 2.75) is 19.3 Å². The van der Waals surface area contributed by atoms with Gasteiger partial charge in [-0.25, -0.2) is 0 Å². The highest BCUT2D eigenvalue weighted by molar-refractivity contribution is 5.93. The first-order valence-corrected chi connectivity index (χ1v) is 7.21. The zero-order valence-corrected chi connectivity index (χ0v) is 12.5. The normalized spacial score (nSPS) is 10.1. The molecule has 0 radical (unpaired) electrons. The minimum atomic E-state index is -0.187. The first kappa shape index (κ1) is 16.4. The van der Waals surface area contributed by atoms with Crippen LogP contribution in [-0.2, 0) is 9.59 Å². The van der Waals surface area contributed by atoms with Crippen molar-refractivity contribution in [3.05, 3.63) is 48.5 Å². The Morgan fingerprint density at radius 3 is 1.39 bits per heavy atom. The molecule has 0 aliphatic rings. The minimum absolute atomic E-state index is 0.133. The number of carbonyl (C=O) groups excluding carboxylic acids is 2. The molecule has 0 fully saturated rings. The summed E-state index contributed by atoms with van der Waals surface area (Å²) in [5.74, 6) is -0.107. The lowest BCUT2D eigenvalue weighted by atomic mass is 10.2. The minimum Gasteiger partial charge on any atom is -0.508 e. The van der Waals surface area contributed by atoms with E-state index < -0.39 is 0 Å². The number of nitrogens with one attached hydrogen (secondary N) is 2. The Morgan fingerprint density at radius 1 is 0.696 bits per heavy atom. The van der Waals surface area contributed by atoms with E-state index in [-0.39, 0.29) is 36.2 Å². The lowest BCUT2D eigenvalue weighted by Gasteiger charge is -2.06. The summed E-state index contributed by atoms with van der Waals surface area (Å²) in [5.41, 5.74) is 1.20. The number of benzene rings is 2. The number of hydrogen-bond donors (Lipinski definition) is 4. The fourth-order valence-corrected chi connectivity index (χ4v) is 1.95. The van der Waals surface area contributed by atoms with Gasteiger partial charge in [0, 0.05) is 24.2 Å². The van der Waals surface area contributed by atoms with Crippen molar-refractivity contribution >= 4 is 23.2 Å². The lowest BCUT2D eigenvalue weighted by Crippen LogP contribution is -2.14. The van der Waals surface area contributed by atoms with Crippen LogP contribution in [0.2, 0.25) is 0 Å². The van der Waals surface area contributed by atoms with Gasteiger partial charge in [0.05, 0.1) is 0 Å². The molecular formula is C17H18N2O4. The van der Waals surface area contributed by atoms with Crippen LogP contribution in [0.5, 0.6) is 11.5 Å². The highest BCUT2D eigenvalue weighted by atomic mass is 16.3. The first-order chi connectivity index (χ1) is 11.0. The molecule has 120 valence electrons. The van der Waals surface area contributed by atoms with Gasteiger partial charge in [0.15, 0.2) is 0 Å². The van der Waals surface area contributed by atoms with Crippen LogP contribution in [-0.4, -0.2) is 22.0 Å². The van der Waals surface area contributed by atoms with Crippen LogP contribution < -0.4 is 10.6 Å². The molecule has 0 aliphatic heterocycles. The Kier molecular flexibility index (Phi) is 5.57. The van der Waals surface area contributed by atoms with E-state index in [1.54, 1.807) is 24.3 Å². The number of aromatic hydroxyl groups is 2. The van der Waals surface area contributed by atoms with E-state index in [0.717, 1.165) is 0 Å². The van der Waals surface area contributed by atoms with Gasteiger partial charge in [-0.1, -0.05) is 0 Å². The number of phenols is 2. The summed E-state index contributed by atoms with van der Waals surface area (Å²) in [6, 6.07) is 12.4. The molecule has 2 amide bonds. The molecule has 0 spiro atoms. The van der Waals surface area contributed by atoms with Gasteiger partial charge in [0.1, 0.15) is 11.5 Å². The van der Waals surface area contributed by atoms with E-state index in [4.69, 9.17) is 10.2 Å². The molecule has 0 saturated carbocycles. The van der Waals surface area contributed by atoms with Gasteiger partial charge in [-0.2, -0.15) is 0 Å². The smallest absolute Gasteiger partial charge is 0.224 e. The van der Waals surface area contributed by atoms with Crippen LogP contribution in [0.1, 0.15) is 19.3 Å². The largest absolute Gasteiger partial charge is 0.508 e. The highest BCUT2D eigenvalue weighted by Crippen LogP contribution is 2.15. The van der Waals surface area contributed by atoms with Crippen LogP contribution in [0, 0.1) is 0 Å². The summed E-state index contributed by atoms with van der Waals surface area (Å²) in [6.45, 7) is 0. The third kappa shape index (κ3) is 5.70. The molecule has 0 atom stereocenters. The molecule has 23 heavy (non-hydrogen) atoms. The van der Waals surface area contributed by atoms with E-state index in [9.17, 15) is 9.59 Å². The van der Waals surface area contributed by atoms with Gasteiger partial charge in [0.25, 0.3) is 0 Å². The molecular weight excluding hydrogens is 296 g/mol. The summed E-state index contributed by atoms with van der Waals surface area (Å²) in [4.78, 5) is 23.5. The Morgan fingerprint density at radius 2 is 1.04 bits per heavy atom. The molecule has 2 aromatic rings. The van der Waals surface area contributed by atoms with Gasteiger partial charge in [-0.3, -0.25) is 9.59 Å². The number of rotatable bonds is 6. The fourth-order valence-electron chi connectivity index (χ4n) is 1.95. The van der Waals surface area contributed by atoms with Crippen molar-refractivity contribution in [3.63, 3.8) is 0 Å². The Balaban J connectivity index is 1.69. The standard InChI is InChI=1S/C17H18N2O4/c20-14-8-4-12(5-9-14)18-16(22)2-1-3-17(23)19-13-6-10-15(21)11-7-13/h4-11,20-21H,1-3H2,(H,18,22)(H,19,23). The van der Waals surface area contributed by atoms with Crippen molar-refractivity contribution in [1.82, 2.24) is 0 Å². The second-order valence-electron chi connectivity index (χ2n) is 5.04. The molecule has 6 nitrogen and oxygen atoms in total. The Labute approximate surface area is 133 Å². The summed E-state index contributed by atoms with van der Waals surface area (Å²) in [7, 11) is 0. The molecule has 2 aromatic carbocycles. The zero-order valence-electron chi connectivity index (χ0n) is 12.5. The van der Waals surface area contributed by atoms with E-state index in [2.05, 4.69) is 10.6 Å². The number of amides is 2. The molecule has 4 N–H and O–H groups in total. The molecule has 0 aliphatic carbocycles. The van der Waals surface area contributed by atoms with Crippen LogP contribution >= 0.6 is 0 Å². The van der Waals surface area contributed by atoms with E-state index >= 15 is 0 Å². The van der Waals surface area contributed by atoms with E-state index in [1.807, 2.05) is 0 Å². The molecule has 2 rings (SSSR count). The highest BCUT2D eigenvalue weighted by Gasteiger charge is 2.06. The summed E-state index contributed by atoms with van der Waals surface area (Å²) in [6.07, 6.45) is 0.877. The summed E-state index contributed by atoms with van der Waals surface area (Å²) < 4.78 is 0. The summed E-state index contributed by atoms with van der Waals surface area (Å²) in [5, 5.41) is 23.7. The van der Waals surface area contributed by atoms with Crippen LogP contribution in [0.4, 0.5) is 11.4 Å². The van der Waals surface area contributed by atoms with E-state index in [1.165, 1.54) is 24.3 Å². The molecule has 0 unspecified atom stereocenters. The third-order valence-electron chi connectivity index (χ3n) is 3.11. The fraction of sp³-hybridized carbons (Fsp3) is 0.176. The van der Waals surface area contributed by atoms with Gasteiger partial charge in [-0.15, -0.1) is 0 Å². The van der Waals surface area contributed by atoms with Gasteiger partial charge < -0.3 is 20.8 Å². The SMILES string of the molecule is O=C(CCCC(=O)Nc1ccc(O)cc1)Nc1ccc(O)cc1. The van der Waals surface area contributed by atoms with Crippen LogP contribution in [0.3, 0.4) is 0 Å². The lowest BCUT2D eigenvalue weighted by molar-refractivity contribution is -0.117. The quantitative estimate of drug-likeness (QED) is 0.616. The summed E-state index contributed by atoms with van der Waals surface area (Å²) >= 11 is 0. The average Bonchev–Trinajstić information content (AvgIpc) is 2.52. The maximum atomic E-state index is 11.7.